The Bertz CT molecular complexity index is 420. The quantitative estimate of drug-likeness (QED) is 0.874. The molecular formula is C15H22N2O2. The highest BCUT2D eigenvalue weighted by Crippen LogP contribution is 2.39. The molecule has 0 radical (unpaired) electrons. The summed E-state index contributed by atoms with van der Waals surface area (Å²) in [7, 11) is 0. The fourth-order valence-corrected chi connectivity index (χ4v) is 3.46. The van der Waals surface area contributed by atoms with E-state index in [1.54, 1.807) is 6.20 Å². The summed E-state index contributed by atoms with van der Waals surface area (Å²) in [5.74, 6) is 0.629. The lowest BCUT2D eigenvalue weighted by Gasteiger charge is -2.45. The second-order valence-electron chi connectivity index (χ2n) is 5.75. The first kappa shape index (κ1) is 12.9. The number of hydrogen-bond acceptors (Lipinski definition) is 4. The number of ether oxygens (including phenoxy) is 1. The largest absolute Gasteiger partial charge is 0.478 e. The SMILES string of the molecule is CCOc1ccc(C2(O)CC3CCCC(C2)N3)cn1. The van der Waals surface area contributed by atoms with E-state index in [-0.39, 0.29) is 0 Å². The standard InChI is InChI=1S/C15H22N2O2/c1-2-19-14-7-6-11(10-16-14)15(18)8-12-4-3-5-13(9-15)17-12/h6-7,10,12-13,17-18H,2-5,8-9H2,1H3. The summed E-state index contributed by atoms with van der Waals surface area (Å²) in [6, 6.07) is 4.71. The Morgan fingerprint density at radius 3 is 2.68 bits per heavy atom. The van der Waals surface area contributed by atoms with Gasteiger partial charge in [0.1, 0.15) is 0 Å². The molecule has 2 bridgehead atoms. The third-order valence-corrected chi connectivity index (χ3v) is 4.31. The van der Waals surface area contributed by atoms with Gasteiger partial charge < -0.3 is 15.2 Å². The van der Waals surface area contributed by atoms with Crippen LogP contribution in [0.3, 0.4) is 0 Å². The minimum atomic E-state index is -0.723. The monoisotopic (exact) mass is 262 g/mol. The molecule has 2 fully saturated rings. The molecule has 3 heterocycles. The van der Waals surface area contributed by atoms with Crippen LogP contribution in [0.1, 0.15) is 44.6 Å². The normalized spacial score (nSPS) is 34.0. The fraction of sp³-hybridized carbons (Fsp3) is 0.667. The molecule has 2 saturated heterocycles. The molecule has 19 heavy (non-hydrogen) atoms. The molecule has 104 valence electrons. The van der Waals surface area contributed by atoms with Crippen LogP contribution in [0.2, 0.25) is 0 Å². The van der Waals surface area contributed by atoms with Gasteiger partial charge in [0, 0.05) is 29.9 Å². The van der Waals surface area contributed by atoms with Crippen molar-refractivity contribution in [1.82, 2.24) is 10.3 Å². The van der Waals surface area contributed by atoms with E-state index in [0.717, 1.165) is 18.4 Å². The van der Waals surface area contributed by atoms with E-state index in [9.17, 15) is 5.11 Å². The van der Waals surface area contributed by atoms with Gasteiger partial charge in [-0.15, -0.1) is 0 Å². The van der Waals surface area contributed by atoms with Gasteiger partial charge in [-0.1, -0.05) is 6.42 Å². The highest BCUT2D eigenvalue weighted by molar-refractivity contribution is 5.25. The molecule has 0 aliphatic carbocycles. The molecule has 2 N–H and O–H groups in total. The maximum absolute atomic E-state index is 10.9. The molecule has 3 rings (SSSR count). The molecule has 2 aliphatic rings. The van der Waals surface area contributed by atoms with Crippen LogP contribution >= 0.6 is 0 Å². The molecule has 1 aromatic rings. The number of pyridine rings is 1. The van der Waals surface area contributed by atoms with Gasteiger partial charge in [0.25, 0.3) is 0 Å². The summed E-state index contributed by atoms with van der Waals surface area (Å²) in [6.45, 7) is 2.56. The Kier molecular flexibility index (Phi) is 3.46. The minimum Gasteiger partial charge on any atom is -0.478 e. The lowest BCUT2D eigenvalue weighted by molar-refractivity contribution is -0.0361. The minimum absolute atomic E-state index is 0.448. The lowest BCUT2D eigenvalue weighted by Crippen LogP contribution is -2.54. The Labute approximate surface area is 114 Å². The van der Waals surface area contributed by atoms with Crippen LogP contribution in [0.15, 0.2) is 18.3 Å². The zero-order valence-electron chi connectivity index (χ0n) is 11.4. The van der Waals surface area contributed by atoms with E-state index in [0.29, 0.717) is 24.6 Å². The van der Waals surface area contributed by atoms with Gasteiger partial charge in [-0.2, -0.15) is 0 Å². The molecule has 2 unspecified atom stereocenters. The number of nitrogens with zero attached hydrogens (tertiary/aromatic N) is 1. The maximum Gasteiger partial charge on any atom is 0.213 e. The summed E-state index contributed by atoms with van der Waals surface area (Å²) < 4.78 is 5.35. The van der Waals surface area contributed by atoms with Crippen molar-refractivity contribution in [3.8, 4) is 5.88 Å². The van der Waals surface area contributed by atoms with E-state index in [4.69, 9.17) is 4.74 Å². The number of hydrogen-bond donors (Lipinski definition) is 2. The molecular weight excluding hydrogens is 240 g/mol. The van der Waals surface area contributed by atoms with E-state index in [1.165, 1.54) is 19.3 Å². The average Bonchev–Trinajstić information content (AvgIpc) is 2.39. The average molecular weight is 262 g/mol. The van der Waals surface area contributed by atoms with Gasteiger partial charge in [0.15, 0.2) is 0 Å². The van der Waals surface area contributed by atoms with Gasteiger partial charge in [-0.25, -0.2) is 4.98 Å². The predicted molar refractivity (Wildman–Crippen MR) is 73.1 cm³/mol. The van der Waals surface area contributed by atoms with Crippen LogP contribution in [-0.2, 0) is 5.60 Å². The van der Waals surface area contributed by atoms with Crippen molar-refractivity contribution in [1.29, 1.82) is 0 Å². The van der Waals surface area contributed by atoms with Gasteiger partial charge in [-0.05, 0) is 38.7 Å². The smallest absolute Gasteiger partial charge is 0.213 e. The maximum atomic E-state index is 10.9. The topological polar surface area (TPSA) is 54.4 Å². The number of fused-ring (bicyclic) bond motifs is 2. The fourth-order valence-electron chi connectivity index (χ4n) is 3.46. The van der Waals surface area contributed by atoms with E-state index in [2.05, 4.69) is 10.3 Å². The van der Waals surface area contributed by atoms with Crippen LogP contribution in [0, 0.1) is 0 Å². The third kappa shape index (κ3) is 2.60. The predicted octanol–water partition coefficient (Wildman–Crippen LogP) is 1.97. The summed E-state index contributed by atoms with van der Waals surface area (Å²) in [5, 5.41) is 14.6. The van der Waals surface area contributed by atoms with Gasteiger partial charge in [0.05, 0.1) is 12.2 Å². The summed E-state index contributed by atoms with van der Waals surface area (Å²) in [5.41, 5.74) is 0.202. The van der Waals surface area contributed by atoms with Crippen molar-refractivity contribution in [2.45, 2.75) is 56.7 Å². The number of rotatable bonds is 3. The molecule has 4 heteroatoms. The molecule has 2 atom stereocenters. The van der Waals surface area contributed by atoms with E-state index < -0.39 is 5.60 Å². The highest BCUT2D eigenvalue weighted by atomic mass is 16.5. The second kappa shape index (κ2) is 5.10. The number of nitrogens with one attached hydrogen (secondary N) is 1. The Morgan fingerprint density at radius 2 is 2.11 bits per heavy atom. The van der Waals surface area contributed by atoms with Crippen LogP contribution < -0.4 is 10.1 Å². The molecule has 0 aromatic carbocycles. The molecule has 0 amide bonds. The first-order valence-corrected chi connectivity index (χ1v) is 7.27. The molecule has 2 aliphatic heterocycles. The molecule has 1 aromatic heterocycles. The van der Waals surface area contributed by atoms with Crippen molar-refractivity contribution < 1.29 is 9.84 Å². The van der Waals surface area contributed by atoms with Crippen LogP contribution in [0.4, 0.5) is 0 Å². The van der Waals surface area contributed by atoms with Crippen molar-refractivity contribution in [2.75, 3.05) is 6.61 Å². The summed E-state index contributed by atoms with van der Waals surface area (Å²) in [6.07, 6.45) is 6.97. The van der Waals surface area contributed by atoms with Crippen LogP contribution in [0.25, 0.3) is 0 Å². The van der Waals surface area contributed by atoms with Crippen molar-refractivity contribution in [3.05, 3.63) is 23.9 Å². The van der Waals surface area contributed by atoms with Crippen molar-refractivity contribution in [3.63, 3.8) is 0 Å². The zero-order chi connectivity index (χ0) is 13.3. The molecule has 4 nitrogen and oxygen atoms in total. The Morgan fingerprint density at radius 1 is 1.37 bits per heavy atom. The lowest BCUT2D eigenvalue weighted by atomic mass is 9.74. The Hall–Kier alpha value is -1.13. The molecule has 0 saturated carbocycles. The second-order valence-corrected chi connectivity index (χ2v) is 5.75. The zero-order valence-corrected chi connectivity index (χ0v) is 11.4. The van der Waals surface area contributed by atoms with Gasteiger partial charge in [0.2, 0.25) is 5.88 Å². The van der Waals surface area contributed by atoms with Gasteiger partial charge in [-0.3, -0.25) is 0 Å². The molecule has 0 spiro atoms. The van der Waals surface area contributed by atoms with Gasteiger partial charge >= 0.3 is 0 Å². The number of aliphatic hydroxyl groups is 1. The van der Waals surface area contributed by atoms with E-state index in [1.807, 2.05) is 19.1 Å². The van der Waals surface area contributed by atoms with Crippen LogP contribution in [0.5, 0.6) is 5.88 Å². The number of aromatic nitrogens is 1. The highest BCUT2D eigenvalue weighted by Gasteiger charge is 2.41. The number of piperidine rings is 2. The summed E-state index contributed by atoms with van der Waals surface area (Å²) in [4.78, 5) is 4.28. The first-order valence-electron chi connectivity index (χ1n) is 7.27. The van der Waals surface area contributed by atoms with Crippen molar-refractivity contribution >= 4 is 0 Å². The third-order valence-electron chi connectivity index (χ3n) is 4.31. The summed E-state index contributed by atoms with van der Waals surface area (Å²) >= 11 is 0. The van der Waals surface area contributed by atoms with E-state index >= 15 is 0 Å². The van der Waals surface area contributed by atoms with Crippen molar-refractivity contribution in [2.24, 2.45) is 0 Å². The first-order chi connectivity index (χ1) is 9.19. The Balaban J connectivity index is 1.79. The van der Waals surface area contributed by atoms with Crippen LogP contribution in [-0.4, -0.2) is 28.8 Å².